The van der Waals surface area contributed by atoms with Crippen LogP contribution in [0.15, 0.2) is 5.16 Å². The van der Waals surface area contributed by atoms with Crippen LogP contribution >= 0.6 is 11.8 Å². The molecule has 2 N–H and O–H groups in total. The number of amides is 1. The van der Waals surface area contributed by atoms with Crippen molar-refractivity contribution in [2.24, 2.45) is 5.73 Å². The van der Waals surface area contributed by atoms with E-state index in [0.717, 1.165) is 0 Å². The van der Waals surface area contributed by atoms with Gasteiger partial charge < -0.3 is 5.73 Å². The van der Waals surface area contributed by atoms with E-state index in [1.165, 1.54) is 11.8 Å². The first kappa shape index (κ1) is 12.0. The second kappa shape index (κ2) is 4.18. The summed E-state index contributed by atoms with van der Waals surface area (Å²) in [6.07, 6.45) is 0. The summed E-state index contributed by atoms with van der Waals surface area (Å²) in [4.78, 5) is 10.9. The molecule has 0 fully saturated rings. The Labute approximate surface area is 92.6 Å². The fourth-order valence-electron chi connectivity index (χ4n) is 0.890. The van der Waals surface area contributed by atoms with Crippen LogP contribution in [0.25, 0.3) is 0 Å². The van der Waals surface area contributed by atoms with Gasteiger partial charge in [0, 0.05) is 0 Å². The number of rotatable bonds is 3. The summed E-state index contributed by atoms with van der Waals surface area (Å²) < 4.78 is 1.68. The van der Waals surface area contributed by atoms with Crippen LogP contribution in [0, 0.1) is 0 Å². The Morgan fingerprint density at radius 3 is 2.60 bits per heavy atom. The van der Waals surface area contributed by atoms with Gasteiger partial charge in [0.15, 0.2) is 0 Å². The van der Waals surface area contributed by atoms with Crippen LogP contribution in [0.5, 0.6) is 0 Å². The smallest absolute Gasteiger partial charge is 0.230 e. The molecule has 0 saturated carbocycles. The third-order valence-electron chi connectivity index (χ3n) is 1.76. The van der Waals surface area contributed by atoms with E-state index in [1.54, 1.807) is 11.6 Å². The molecular weight excluding hydrogens is 214 g/mol. The van der Waals surface area contributed by atoms with Crippen molar-refractivity contribution in [1.29, 1.82) is 0 Å². The summed E-state index contributed by atoms with van der Waals surface area (Å²) in [5.41, 5.74) is 4.97. The zero-order chi connectivity index (χ0) is 11.6. The molecule has 1 aromatic rings. The lowest BCUT2D eigenvalue weighted by molar-refractivity contribution is -0.117. The predicted molar refractivity (Wildman–Crippen MR) is 57.3 cm³/mol. The van der Waals surface area contributed by atoms with Gasteiger partial charge in [-0.05, 0) is 38.1 Å². The topological polar surface area (TPSA) is 86.7 Å². The normalized spacial score (nSPS) is 13.9. The molecule has 1 aromatic heterocycles. The Kier molecular flexibility index (Phi) is 3.33. The molecule has 7 heteroatoms. The molecular formula is C8H15N5OS. The molecule has 0 bridgehead atoms. The zero-order valence-corrected chi connectivity index (χ0v) is 10.1. The maximum Gasteiger partial charge on any atom is 0.230 e. The van der Waals surface area contributed by atoms with Gasteiger partial charge >= 0.3 is 0 Å². The van der Waals surface area contributed by atoms with Crippen molar-refractivity contribution in [3.05, 3.63) is 0 Å². The highest BCUT2D eigenvalue weighted by molar-refractivity contribution is 8.00. The second-order valence-electron chi connectivity index (χ2n) is 4.21. The van der Waals surface area contributed by atoms with Crippen LogP contribution in [-0.2, 0) is 10.3 Å². The Hall–Kier alpha value is -1.11. The molecule has 0 radical (unpaired) electrons. The van der Waals surface area contributed by atoms with E-state index in [2.05, 4.69) is 15.5 Å². The number of carbonyl (C=O) groups is 1. The van der Waals surface area contributed by atoms with Crippen molar-refractivity contribution < 1.29 is 4.79 Å². The van der Waals surface area contributed by atoms with Crippen LogP contribution in [0.1, 0.15) is 27.7 Å². The van der Waals surface area contributed by atoms with Crippen LogP contribution in [0.3, 0.4) is 0 Å². The lowest BCUT2D eigenvalue weighted by Crippen LogP contribution is -2.27. The molecule has 0 aromatic carbocycles. The number of carbonyl (C=O) groups excluding carboxylic acids is 1. The summed E-state index contributed by atoms with van der Waals surface area (Å²) in [6, 6.07) is 0. The number of primary amides is 1. The summed E-state index contributed by atoms with van der Waals surface area (Å²) in [5, 5.41) is 11.6. The Morgan fingerprint density at radius 1 is 1.53 bits per heavy atom. The maximum absolute atomic E-state index is 10.9. The second-order valence-corrected chi connectivity index (χ2v) is 5.51. The molecule has 1 amide bonds. The molecule has 84 valence electrons. The lowest BCUT2D eigenvalue weighted by Gasteiger charge is -2.20. The number of aromatic nitrogens is 4. The third-order valence-corrected chi connectivity index (χ3v) is 2.81. The van der Waals surface area contributed by atoms with Crippen molar-refractivity contribution >= 4 is 17.7 Å². The molecule has 1 heterocycles. The largest absolute Gasteiger partial charge is 0.369 e. The highest BCUT2D eigenvalue weighted by atomic mass is 32.2. The van der Waals surface area contributed by atoms with Crippen molar-refractivity contribution in [2.75, 3.05) is 0 Å². The van der Waals surface area contributed by atoms with E-state index in [0.29, 0.717) is 5.16 Å². The van der Waals surface area contributed by atoms with Gasteiger partial charge in [-0.2, -0.15) is 0 Å². The SMILES string of the molecule is C[C@H](Sc1nnnn1C(C)(C)C)C(N)=O. The van der Waals surface area contributed by atoms with E-state index >= 15 is 0 Å². The van der Waals surface area contributed by atoms with E-state index in [1.807, 2.05) is 20.8 Å². The quantitative estimate of drug-likeness (QED) is 0.758. The lowest BCUT2D eigenvalue weighted by atomic mass is 10.1. The molecule has 1 rings (SSSR count). The van der Waals surface area contributed by atoms with Crippen molar-refractivity contribution in [1.82, 2.24) is 20.2 Å². The fraction of sp³-hybridized carbons (Fsp3) is 0.750. The summed E-state index contributed by atoms with van der Waals surface area (Å²) in [5.74, 6) is -0.372. The highest BCUT2D eigenvalue weighted by Gasteiger charge is 2.22. The molecule has 1 atom stereocenters. The predicted octanol–water partition coefficient (Wildman–Crippen LogP) is 0.394. The van der Waals surface area contributed by atoms with Gasteiger partial charge in [-0.25, -0.2) is 4.68 Å². The number of nitrogens with zero attached hydrogens (tertiary/aromatic N) is 4. The van der Waals surface area contributed by atoms with Gasteiger partial charge in [0.05, 0.1) is 10.8 Å². The van der Waals surface area contributed by atoms with Gasteiger partial charge in [-0.3, -0.25) is 4.79 Å². The maximum atomic E-state index is 10.9. The van der Waals surface area contributed by atoms with Gasteiger partial charge in [0.2, 0.25) is 11.1 Å². The Morgan fingerprint density at radius 2 is 2.13 bits per heavy atom. The average Bonchev–Trinajstić information content (AvgIpc) is 2.50. The monoisotopic (exact) mass is 229 g/mol. The number of hydrogen-bond acceptors (Lipinski definition) is 5. The average molecular weight is 229 g/mol. The van der Waals surface area contributed by atoms with E-state index in [9.17, 15) is 4.79 Å². The highest BCUT2D eigenvalue weighted by Crippen LogP contribution is 2.24. The van der Waals surface area contributed by atoms with E-state index in [4.69, 9.17) is 5.73 Å². The molecule has 0 spiro atoms. The van der Waals surface area contributed by atoms with Crippen molar-refractivity contribution in [2.45, 2.75) is 43.6 Å². The number of hydrogen-bond donors (Lipinski definition) is 1. The molecule has 0 saturated heterocycles. The van der Waals surface area contributed by atoms with E-state index < -0.39 is 0 Å². The molecule has 0 aliphatic heterocycles. The summed E-state index contributed by atoms with van der Waals surface area (Å²) in [6.45, 7) is 7.70. The van der Waals surface area contributed by atoms with Gasteiger partial charge in [-0.15, -0.1) is 5.10 Å². The minimum absolute atomic E-state index is 0.205. The fourth-order valence-corrected chi connectivity index (χ4v) is 1.82. The van der Waals surface area contributed by atoms with Gasteiger partial charge in [0.25, 0.3) is 0 Å². The standard InChI is InChI=1S/C8H15N5OS/c1-5(6(9)14)15-7-10-11-12-13(7)8(2,3)4/h5H,1-4H3,(H2,9,14)/t5-/m0/s1. The minimum atomic E-state index is -0.372. The zero-order valence-electron chi connectivity index (χ0n) is 9.26. The van der Waals surface area contributed by atoms with Gasteiger partial charge in [-0.1, -0.05) is 11.8 Å². The molecule has 6 nitrogen and oxygen atoms in total. The van der Waals surface area contributed by atoms with Crippen LogP contribution in [0.2, 0.25) is 0 Å². The third kappa shape index (κ3) is 2.92. The Bertz CT molecular complexity index is 356. The first-order valence-corrected chi connectivity index (χ1v) is 5.45. The summed E-state index contributed by atoms with van der Waals surface area (Å²) in [7, 11) is 0. The number of tetrazole rings is 1. The van der Waals surface area contributed by atoms with Crippen LogP contribution in [-0.4, -0.2) is 31.4 Å². The molecule has 0 unspecified atom stereocenters. The van der Waals surface area contributed by atoms with Crippen LogP contribution in [0.4, 0.5) is 0 Å². The van der Waals surface area contributed by atoms with Crippen molar-refractivity contribution in [3.8, 4) is 0 Å². The van der Waals surface area contributed by atoms with Crippen molar-refractivity contribution in [3.63, 3.8) is 0 Å². The first-order chi connectivity index (χ1) is 6.82. The van der Waals surface area contributed by atoms with E-state index in [-0.39, 0.29) is 16.7 Å². The number of thioether (sulfide) groups is 1. The first-order valence-electron chi connectivity index (χ1n) is 4.57. The Balaban J connectivity index is 2.87. The number of nitrogens with two attached hydrogens (primary N) is 1. The summed E-state index contributed by atoms with van der Waals surface area (Å²) >= 11 is 1.26. The van der Waals surface area contributed by atoms with Gasteiger partial charge in [0.1, 0.15) is 0 Å². The minimum Gasteiger partial charge on any atom is -0.369 e. The molecule has 15 heavy (non-hydrogen) atoms. The molecule has 0 aliphatic rings. The van der Waals surface area contributed by atoms with Crippen LogP contribution < -0.4 is 5.73 Å². The molecule has 0 aliphatic carbocycles.